The summed E-state index contributed by atoms with van der Waals surface area (Å²) in [5.41, 5.74) is 0.0224. The summed E-state index contributed by atoms with van der Waals surface area (Å²) in [5, 5.41) is 10.9. The van der Waals surface area contributed by atoms with Gasteiger partial charge in [-0.2, -0.15) is 0 Å². The van der Waals surface area contributed by atoms with Crippen molar-refractivity contribution in [1.29, 1.82) is 0 Å². The molecule has 0 saturated heterocycles. The number of carbonyl (C=O) groups excluding carboxylic acids is 2. The van der Waals surface area contributed by atoms with E-state index in [1.165, 1.54) is 0 Å². The molecule has 0 bridgehead atoms. The highest BCUT2D eigenvalue weighted by molar-refractivity contribution is 6.05. The Morgan fingerprint density at radius 3 is 2.48 bits per heavy atom. The summed E-state index contributed by atoms with van der Waals surface area (Å²) in [6, 6.07) is 0. The molecule has 3 fully saturated rings. The summed E-state index contributed by atoms with van der Waals surface area (Å²) in [6.45, 7) is 6.45. The lowest BCUT2D eigenvalue weighted by Gasteiger charge is -2.58. The van der Waals surface area contributed by atoms with Gasteiger partial charge in [0.1, 0.15) is 0 Å². The second-order valence-electron chi connectivity index (χ2n) is 9.21. The number of allylic oxidation sites excluding steroid dienone is 1. The zero-order valence-electron chi connectivity index (χ0n) is 14.5. The minimum absolute atomic E-state index is 0.0590. The molecule has 3 nitrogen and oxygen atoms in total. The standard InChI is InChI=1S/C20H28O3/c1-18-7-4-12(21)10-16(18)17(22)11-13-14(18)5-8-19(2)15(13)6-9-20(19,3)23/h10,13-15,23H,4-9,11H2,1-3H3/t13-,14+,15-,18+,19-,20-/m0/s1. The van der Waals surface area contributed by atoms with Crippen molar-refractivity contribution in [2.45, 2.75) is 71.3 Å². The van der Waals surface area contributed by atoms with Gasteiger partial charge in [-0.15, -0.1) is 0 Å². The molecule has 126 valence electrons. The van der Waals surface area contributed by atoms with Crippen LogP contribution in [0.1, 0.15) is 65.7 Å². The van der Waals surface area contributed by atoms with Crippen molar-refractivity contribution in [3.05, 3.63) is 11.6 Å². The number of rotatable bonds is 0. The molecule has 4 aliphatic carbocycles. The molecule has 0 radical (unpaired) electrons. The molecule has 0 aromatic carbocycles. The average molecular weight is 316 g/mol. The molecular weight excluding hydrogens is 288 g/mol. The van der Waals surface area contributed by atoms with Crippen molar-refractivity contribution in [3.63, 3.8) is 0 Å². The smallest absolute Gasteiger partial charge is 0.159 e. The number of ketones is 2. The topological polar surface area (TPSA) is 54.4 Å². The zero-order valence-corrected chi connectivity index (χ0v) is 14.5. The Bertz CT molecular complexity index is 616. The molecule has 0 aromatic heterocycles. The van der Waals surface area contributed by atoms with Gasteiger partial charge in [0.2, 0.25) is 0 Å². The lowest BCUT2D eigenvalue weighted by Crippen LogP contribution is -2.55. The van der Waals surface area contributed by atoms with Crippen LogP contribution in [-0.4, -0.2) is 22.3 Å². The number of Topliss-reactive ketones (excluding diaryl/α,β-unsaturated/α-hetero) is 1. The first-order chi connectivity index (χ1) is 10.7. The molecule has 1 N–H and O–H groups in total. The Balaban J connectivity index is 1.75. The Morgan fingerprint density at radius 2 is 1.74 bits per heavy atom. The zero-order chi connectivity index (χ0) is 16.6. The maximum Gasteiger partial charge on any atom is 0.159 e. The number of fused-ring (bicyclic) bond motifs is 5. The molecule has 0 spiro atoms. The lowest BCUT2D eigenvalue weighted by molar-refractivity contribution is -0.140. The van der Waals surface area contributed by atoms with Gasteiger partial charge in [-0.3, -0.25) is 9.59 Å². The van der Waals surface area contributed by atoms with Crippen LogP contribution in [0.5, 0.6) is 0 Å². The highest BCUT2D eigenvalue weighted by Gasteiger charge is 2.63. The van der Waals surface area contributed by atoms with Crippen molar-refractivity contribution in [3.8, 4) is 0 Å². The first-order valence-corrected chi connectivity index (χ1v) is 9.20. The average Bonchev–Trinajstić information content (AvgIpc) is 2.72. The normalized spacial score (nSPS) is 52.5. The molecule has 0 heterocycles. The molecule has 0 unspecified atom stereocenters. The van der Waals surface area contributed by atoms with E-state index in [1.54, 1.807) is 6.08 Å². The summed E-state index contributed by atoms with van der Waals surface area (Å²) in [7, 11) is 0. The van der Waals surface area contributed by atoms with E-state index in [-0.39, 0.29) is 22.4 Å². The largest absolute Gasteiger partial charge is 0.390 e. The highest BCUT2D eigenvalue weighted by atomic mass is 16.3. The predicted molar refractivity (Wildman–Crippen MR) is 87.7 cm³/mol. The molecule has 3 heteroatoms. The third-order valence-corrected chi connectivity index (χ3v) is 8.35. The van der Waals surface area contributed by atoms with Crippen LogP contribution >= 0.6 is 0 Å². The van der Waals surface area contributed by atoms with E-state index in [9.17, 15) is 14.7 Å². The van der Waals surface area contributed by atoms with E-state index in [4.69, 9.17) is 0 Å². The second kappa shape index (κ2) is 4.56. The summed E-state index contributed by atoms with van der Waals surface area (Å²) >= 11 is 0. The summed E-state index contributed by atoms with van der Waals surface area (Å²) < 4.78 is 0. The van der Waals surface area contributed by atoms with Crippen LogP contribution in [0.2, 0.25) is 0 Å². The third kappa shape index (κ3) is 1.86. The number of aliphatic hydroxyl groups is 1. The molecule has 0 aliphatic heterocycles. The lowest BCUT2D eigenvalue weighted by atomic mass is 9.46. The van der Waals surface area contributed by atoms with Crippen LogP contribution in [0.3, 0.4) is 0 Å². The van der Waals surface area contributed by atoms with Gasteiger partial charge >= 0.3 is 0 Å². The molecule has 0 aromatic rings. The van der Waals surface area contributed by atoms with Gasteiger partial charge < -0.3 is 5.11 Å². The van der Waals surface area contributed by atoms with Gasteiger partial charge in [0.25, 0.3) is 0 Å². The number of hydrogen-bond donors (Lipinski definition) is 1. The van der Waals surface area contributed by atoms with Crippen LogP contribution < -0.4 is 0 Å². The number of carbonyl (C=O) groups is 2. The van der Waals surface area contributed by atoms with Gasteiger partial charge in [0.05, 0.1) is 5.60 Å². The van der Waals surface area contributed by atoms with E-state index >= 15 is 0 Å². The first kappa shape index (κ1) is 15.6. The third-order valence-electron chi connectivity index (χ3n) is 8.35. The maximum absolute atomic E-state index is 12.8. The first-order valence-electron chi connectivity index (χ1n) is 9.20. The van der Waals surface area contributed by atoms with E-state index in [0.29, 0.717) is 30.6 Å². The van der Waals surface area contributed by atoms with Crippen LogP contribution in [0.15, 0.2) is 11.6 Å². The van der Waals surface area contributed by atoms with Gasteiger partial charge in [0, 0.05) is 18.4 Å². The monoisotopic (exact) mass is 316 g/mol. The second-order valence-corrected chi connectivity index (χ2v) is 9.21. The Hall–Kier alpha value is -0.960. The van der Waals surface area contributed by atoms with Crippen molar-refractivity contribution < 1.29 is 14.7 Å². The van der Waals surface area contributed by atoms with Crippen LogP contribution in [-0.2, 0) is 9.59 Å². The predicted octanol–water partition coefficient (Wildman–Crippen LogP) is 3.45. The summed E-state index contributed by atoms with van der Waals surface area (Å²) in [5.74, 6) is 1.62. The minimum atomic E-state index is -0.606. The van der Waals surface area contributed by atoms with Gasteiger partial charge in [0.15, 0.2) is 11.6 Å². The molecule has 0 amide bonds. The van der Waals surface area contributed by atoms with Crippen molar-refractivity contribution >= 4 is 11.6 Å². The molecule has 4 rings (SSSR count). The van der Waals surface area contributed by atoms with Gasteiger partial charge in [-0.1, -0.05) is 13.8 Å². The van der Waals surface area contributed by atoms with Gasteiger partial charge in [-0.25, -0.2) is 0 Å². The van der Waals surface area contributed by atoms with Crippen molar-refractivity contribution in [1.82, 2.24) is 0 Å². The fraction of sp³-hybridized carbons (Fsp3) is 0.800. The molecule has 3 saturated carbocycles. The Morgan fingerprint density at radius 1 is 1.04 bits per heavy atom. The highest BCUT2D eigenvalue weighted by Crippen LogP contribution is 2.66. The van der Waals surface area contributed by atoms with E-state index in [0.717, 1.165) is 37.7 Å². The minimum Gasteiger partial charge on any atom is -0.390 e. The summed E-state index contributed by atoms with van der Waals surface area (Å²) in [6.07, 6.45) is 7.63. The maximum atomic E-state index is 12.8. The van der Waals surface area contributed by atoms with E-state index in [2.05, 4.69) is 13.8 Å². The molecule has 6 atom stereocenters. The fourth-order valence-electron chi connectivity index (χ4n) is 6.63. The van der Waals surface area contributed by atoms with E-state index < -0.39 is 5.60 Å². The molecule has 23 heavy (non-hydrogen) atoms. The van der Waals surface area contributed by atoms with Crippen molar-refractivity contribution in [2.24, 2.45) is 28.6 Å². The van der Waals surface area contributed by atoms with Gasteiger partial charge in [-0.05, 0) is 73.7 Å². The molecule has 4 aliphatic rings. The van der Waals surface area contributed by atoms with Crippen LogP contribution in [0.4, 0.5) is 0 Å². The Labute approximate surface area is 138 Å². The van der Waals surface area contributed by atoms with E-state index in [1.807, 2.05) is 6.92 Å². The number of hydrogen-bond acceptors (Lipinski definition) is 3. The fourth-order valence-corrected chi connectivity index (χ4v) is 6.63. The quantitative estimate of drug-likeness (QED) is 0.745. The van der Waals surface area contributed by atoms with Crippen molar-refractivity contribution in [2.75, 3.05) is 0 Å². The Kier molecular flexibility index (Phi) is 3.09. The van der Waals surface area contributed by atoms with Crippen LogP contribution in [0.25, 0.3) is 0 Å². The SMILES string of the molecule is C[C@]12CCC(=O)C=C1C(=O)C[C@H]1[C@H]2CC[C@@]2(C)[C@H]1CC[C@]2(C)O. The van der Waals surface area contributed by atoms with Crippen LogP contribution in [0, 0.1) is 28.6 Å². The molecular formula is C20H28O3. The summed E-state index contributed by atoms with van der Waals surface area (Å²) in [4.78, 5) is 24.6.